The van der Waals surface area contributed by atoms with Gasteiger partial charge in [0.05, 0.1) is 0 Å². The van der Waals surface area contributed by atoms with Gasteiger partial charge in [-0.3, -0.25) is 4.90 Å². The molecule has 1 fully saturated rings. The Labute approximate surface area is 124 Å². The SMILES string of the molecule is CCc1ccc(C(C)N2CCC(CCNC)CC2)cc1. The molecule has 0 radical (unpaired) electrons. The normalized spacial score (nSPS) is 19.1. The van der Waals surface area contributed by atoms with Gasteiger partial charge >= 0.3 is 0 Å². The zero-order valence-electron chi connectivity index (χ0n) is 13.4. The molecule has 2 rings (SSSR count). The van der Waals surface area contributed by atoms with E-state index >= 15 is 0 Å². The zero-order valence-corrected chi connectivity index (χ0v) is 13.4. The predicted molar refractivity (Wildman–Crippen MR) is 87.1 cm³/mol. The third-order valence-electron chi connectivity index (χ3n) is 4.87. The van der Waals surface area contributed by atoms with Gasteiger partial charge in [-0.15, -0.1) is 0 Å². The molecule has 0 bridgehead atoms. The van der Waals surface area contributed by atoms with Gasteiger partial charge in [-0.05, 0) is 76.3 Å². The Kier molecular flexibility index (Phi) is 6.06. The minimum atomic E-state index is 0.561. The van der Waals surface area contributed by atoms with Crippen LogP contribution >= 0.6 is 0 Å². The number of likely N-dealkylation sites (tertiary alicyclic amines) is 1. The highest BCUT2D eigenvalue weighted by Crippen LogP contribution is 2.27. The molecule has 1 aromatic rings. The average Bonchev–Trinajstić information content (AvgIpc) is 2.53. The van der Waals surface area contributed by atoms with Crippen LogP contribution in [0.25, 0.3) is 0 Å². The molecule has 1 N–H and O–H groups in total. The first-order valence-electron chi connectivity index (χ1n) is 8.22. The molecule has 1 heterocycles. The molecule has 0 aliphatic carbocycles. The Morgan fingerprint density at radius 1 is 1.20 bits per heavy atom. The molecule has 1 saturated heterocycles. The van der Waals surface area contributed by atoms with Crippen LogP contribution in [0.1, 0.15) is 50.3 Å². The maximum absolute atomic E-state index is 3.27. The highest BCUT2D eigenvalue weighted by Gasteiger charge is 2.23. The van der Waals surface area contributed by atoms with Crippen molar-refractivity contribution in [3.05, 3.63) is 35.4 Å². The Morgan fingerprint density at radius 2 is 1.85 bits per heavy atom. The van der Waals surface area contributed by atoms with Gasteiger partial charge in [-0.2, -0.15) is 0 Å². The summed E-state index contributed by atoms with van der Waals surface area (Å²) in [4.78, 5) is 2.65. The Hall–Kier alpha value is -0.860. The highest BCUT2D eigenvalue weighted by atomic mass is 15.2. The molecule has 1 unspecified atom stereocenters. The Bertz CT molecular complexity index is 377. The van der Waals surface area contributed by atoms with Gasteiger partial charge in [-0.1, -0.05) is 31.2 Å². The summed E-state index contributed by atoms with van der Waals surface area (Å²) in [5.74, 6) is 0.924. The van der Waals surface area contributed by atoms with Crippen LogP contribution in [0.4, 0.5) is 0 Å². The van der Waals surface area contributed by atoms with E-state index in [2.05, 4.69) is 55.4 Å². The van der Waals surface area contributed by atoms with E-state index in [0.29, 0.717) is 6.04 Å². The predicted octanol–water partition coefficient (Wildman–Crippen LogP) is 3.63. The van der Waals surface area contributed by atoms with Crippen LogP contribution in [0.15, 0.2) is 24.3 Å². The van der Waals surface area contributed by atoms with Gasteiger partial charge < -0.3 is 5.32 Å². The molecular weight excluding hydrogens is 244 g/mol. The van der Waals surface area contributed by atoms with Crippen molar-refractivity contribution in [3.8, 4) is 0 Å². The second-order valence-corrected chi connectivity index (χ2v) is 6.14. The molecule has 1 aliphatic rings. The van der Waals surface area contributed by atoms with Crippen molar-refractivity contribution in [2.24, 2.45) is 5.92 Å². The molecule has 0 aromatic heterocycles. The minimum Gasteiger partial charge on any atom is -0.320 e. The lowest BCUT2D eigenvalue weighted by Gasteiger charge is -2.36. The lowest BCUT2D eigenvalue weighted by Crippen LogP contribution is -2.36. The van der Waals surface area contributed by atoms with Crippen molar-refractivity contribution < 1.29 is 0 Å². The third-order valence-corrected chi connectivity index (χ3v) is 4.87. The van der Waals surface area contributed by atoms with Crippen LogP contribution in [0.5, 0.6) is 0 Å². The summed E-state index contributed by atoms with van der Waals surface area (Å²) in [6.07, 6.45) is 5.19. The summed E-state index contributed by atoms with van der Waals surface area (Å²) in [6, 6.07) is 9.76. The minimum absolute atomic E-state index is 0.561. The fraction of sp³-hybridized carbons (Fsp3) is 0.667. The molecule has 1 atom stereocenters. The summed E-state index contributed by atoms with van der Waals surface area (Å²) in [6.45, 7) is 8.25. The second-order valence-electron chi connectivity index (χ2n) is 6.14. The molecule has 1 aliphatic heterocycles. The van der Waals surface area contributed by atoms with Crippen LogP contribution < -0.4 is 5.32 Å². The van der Waals surface area contributed by atoms with E-state index in [-0.39, 0.29) is 0 Å². The number of nitrogens with one attached hydrogen (secondary N) is 1. The number of nitrogens with zero attached hydrogens (tertiary/aromatic N) is 1. The molecule has 1 aromatic carbocycles. The summed E-state index contributed by atoms with van der Waals surface area (Å²) in [5.41, 5.74) is 2.91. The smallest absolute Gasteiger partial charge is 0.0319 e. The van der Waals surface area contributed by atoms with Gasteiger partial charge in [0.25, 0.3) is 0 Å². The molecule has 0 saturated carbocycles. The van der Waals surface area contributed by atoms with Crippen LogP contribution in [0, 0.1) is 5.92 Å². The third kappa shape index (κ3) is 4.07. The summed E-state index contributed by atoms with van der Waals surface area (Å²) in [5, 5.41) is 3.27. The van der Waals surface area contributed by atoms with Crippen LogP contribution in [0.2, 0.25) is 0 Å². The van der Waals surface area contributed by atoms with Crippen molar-refractivity contribution in [2.75, 3.05) is 26.7 Å². The van der Waals surface area contributed by atoms with Crippen molar-refractivity contribution in [1.29, 1.82) is 0 Å². The first kappa shape index (κ1) is 15.5. The quantitative estimate of drug-likeness (QED) is 0.852. The maximum atomic E-state index is 3.27. The standard InChI is InChI=1S/C18H30N2/c1-4-16-5-7-18(8-6-16)15(2)20-13-10-17(11-14-20)9-12-19-3/h5-8,15,17,19H,4,9-14H2,1-3H3. The first-order chi connectivity index (χ1) is 9.74. The summed E-state index contributed by atoms with van der Waals surface area (Å²) < 4.78 is 0. The van der Waals surface area contributed by atoms with Gasteiger partial charge in [0.1, 0.15) is 0 Å². The van der Waals surface area contributed by atoms with Gasteiger partial charge in [0, 0.05) is 6.04 Å². The molecule has 2 nitrogen and oxygen atoms in total. The number of benzene rings is 1. The van der Waals surface area contributed by atoms with E-state index in [1.807, 2.05) is 0 Å². The van der Waals surface area contributed by atoms with Crippen molar-refractivity contribution in [3.63, 3.8) is 0 Å². The van der Waals surface area contributed by atoms with E-state index < -0.39 is 0 Å². The fourth-order valence-corrected chi connectivity index (χ4v) is 3.22. The van der Waals surface area contributed by atoms with E-state index in [9.17, 15) is 0 Å². The zero-order chi connectivity index (χ0) is 14.4. The lowest BCUT2D eigenvalue weighted by molar-refractivity contribution is 0.137. The Morgan fingerprint density at radius 3 is 2.40 bits per heavy atom. The number of rotatable bonds is 6. The van der Waals surface area contributed by atoms with E-state index in [4.69, 9.17) is 0 Å². The largest absolute Gasteiger partial charge is 0.320 e. The van der Waals surface area contributed by atoms with Gasteiger partial charge in [0.15, 0.2) is 0 Å². The second kappa shape index (κ2) is 7.80. The van der Waals surface area contributed by atoms with Crippen LogP contribution in [-0.4, -0.2) is 31.6 Å². The first-order valence-corrected chi connectivity index (χ1v) is 8.22. The number of piperidine rings is 1. The molecular formula is C18H30N2. The van der Waals surface area contributed by atoms with Crippen LogP contribution in [0.3, 0.4) is 0 Å². The monoisotopic (exact) mass is 274 g/mol. The highest BCUT2D eigenvalue weighted by molar-refractivity contribution is 5.24. The Balaban J connectivity index is 1.85. The van der Waals surface area contributed by atoms with Gasteiger partial charge in [0.2, 0.25) is 0 Å². The van der Waals surface area contributed by atoms with Crippen molar-refractivity contribution in [1.82, 2.24) is 10.2 Å². The molecule has 112 valence electrons. The average molecular weight is 274 g/mol. The maximum Gasteiger partial charge on any atom is 0.0319 e. The topological polar surface area (TPSA) is 15.3 Å². The van der Waals surface area contributed by atoms with Crippen LogP contribution in [-0.2, 0) is 6.42 Å². The number of hydrogen-bond acceptors (Lipinski definition) is 2. The van der Waals surface area contributed by atoms with Crippen molar-refractivity contribution in [2.45, 2.75) is 45.6 Å². The molecule has 20 heavy (non-hydrogen) atoms. The summed E-state index contributed by atoms with van der Waals surface area (Å²) >= 11 is 0. The van der Waals surface area contributed by atoms with E-state index in [0.717, 1.165) is 12.3 Å². The van der Waals surface area contributed by atoms with Crippen molar-refractivity contribution >= 4 is 0 Å². The molecule has 2 heteroatoms. The summed E-state index contributed by atoms with van der Waals surface area (Å²) in [7, 11) is 2.05. The van der Waals surface area contributed by atoms with E-state index in [1.54, 1.807) is 0 Å². The molecule has 0 spiro atoms. The number of aryl methyl sites for hydroxylation is 1. The van der Waals surface area contributed by atoms with E-state index in [1.165, 1.54) is 50.0 Å². The van der Waals surface area contributed by atoms with Gasteiger partial charge in [-0.25, -0.2) is 0 Å². The number of hydrogen-bond donors (Lipinski definition) is 1. The lowest BCUT2D eigenvalue weighted by atomic mass is 9.92. The fourth-order valence-electron chi connectivity index (χ4n) is 3.22. The molecule has 0 amide bonds.